The molecule has 0 spiro atoms. The van der Waals surface area contributed by atoms with E-state index in [4.69, 9.17) is 5.11 Å². The number of halogens is 1. The van der Waals surface area contributed by atoms with Crippen molar-refractivity contribution in [1.82, 2.24) is 10.2 Å². The van der Waals surface area contributed by atoms with Gasteiger partial charge in [-0.15, -0.1) is 12.4 Å². The normalized spacial score (nSPS) is 20.3. The predicted octanol–water partition coefficient (Wildman–Crippen LogP) is 0.873. The number of carbonyl (C=O) groups excluding carboxylic acids is 1. The molecule has 0 radical (unpaired) electrons. The molecular weight excluding hydrogens is 256 g/mol. The van der Waals surface area contributed by atoms with E-state index in [0.29, 0.717) is 24.4 Å². The molecule has 0 unspecified atom stereocenters. The maximum atomic E-state index is 11.8. The molecule has 1 heterocycles. The van der Waals surface area contributed by atoms with Gasteiger partial charge in [0.1, 0.15) is 0 Å². The number of rotatable bonds is 5. The lowest BCUT2D eigenvalue weighted by Crippen LogP contribution is -2.45. The number of carboxylic acids is 1. The van der Waals surface area contributed by atoms with E-state index in [1.165, 1.54) is 0 Å². The van der Waals surface area contributed by atoms with Crippen LogP contribution in [0.15, 0.2) is 0 Å². The van der Waals surface area contributed by atoms with Crippen LogP contribution in [-0.2, 0) is 9.59 Å². The Hall–Kier alpha value is -0.810. The highest BCUT2D eigenvalue weighted by molar-refractivity contribution is 5.85. The van der Waals surface area contributed by atoms with Crippen molar-refractivity contribution in [3.63, 3.8) is 0 Å². The summed E-state index contributed by atoms with van der Waals surface area (Å²) in [5.41, 5.74) is 0. The summed E-state index contributed by atoms with van der Waals surface area (Å²) in [6.45, 7) is 2.16. The SMILES string of the molecule is Cl.O=C(O)CCNC1CCN(C(=O)C2CC2)CC1. The molecule has 2 rings (SSSR count). The number of nitrogens with one attached hydrogen (secondary N) is 1. The van der Waals surface area contributed by atoms with Gasteiger partial charge in [-0.05, 0) is 25.7 Å². The van der Waals surface area contributed by atoms with E-state index in [0.717, 1.165) is 38.8 Å². The number of piperidine rings is 1. The Kier molecular flexibility index (Phi) is 5.88. The van der Waals surface area contributed by atoms with Crippen LogP contribution in [0.5, 0.6) is 0 Å². The highest BCUT2D eigenvalue weighted by Gasteiger charge is 2.34. The van der Waals surface area contributed by atoms with Crippen LogP contribution in [0.4, 0.5) is 0 Å². The molecule has 0 aromatic heterocycles. The Morgan fingerprint density at radius 3 is 2.28 bits per heavy atom. The minimum absolute atomic E-state index is 0. The van der Waals surface area contributed by atoms with Crippen LogP contribution in [-0.4, -0.2) is 47.6 Å². The van der Waals surface area contributed by atoms with Crippen LogP contribution >= 0.6 is 12.4 Å². The van der Waals surface area contributed by atoms with Crippen molar-refractivity contribution in [3.05, 3.63) is 0 Å². The zero-order valence-corrected chi connectivity index (χ0v) is 11.2. The fourth-order valence-electron chi connectivity index (χ4n) is 2.28. The second-order valence-electron chi connectivity index (χ2n) is 4.97. The third-order valence-electron chi connectivity index (χ3n) is 3.51. The van der Waals surface area contributed by atoms with Gasteiger partial charge < -0.3 is 15.3 Å². The van der Waals surface area contributed by atoms with Crippen molar-refractivity contribution < 1.29 is 14.7 Å². The van der Waals surface area contributed by atoms with Gasteiger partial charge in [-0.1, -0.05) is 0 Å². The van der Waals surface area contributed by atoms with Crippen LogP contribution in [0.25, 0.3) is 0 Å². The predicted molar refractivity (Wildman–Crippen MR) is 69.8 cm³/mol. The molecule has 0 atom stereocenters. The third-order valence-corrected chi connectivity index (χ3v) is 3.51. The zero-order chi connectivity index (χ0) is 12.3. The molecule has 0 bridgehead atoms. The van der Waals surface area contributed by atoms with Gasteiger partial charge in [0.25, 0.3) is 0 Å². The van der Waals surface area contributed by atoms with Gasteiger partial charge in [-0.2, -0.15) is 0 Å². The van der Waals surface area contributed by atoms with Gasteiger partial charge in [-0.3, -0.25) is 9.59 Å². The van der Waals surface area contributed by atoms with Gasteiger partial charge in [-0.25, -0.2) is 0 Å². The van der Waals surface area contributed by atoms with Crippen LogP contribution in [0.1, 0.15) is 32.1 Å². The number of hydrogen-bond acceptors (Lipinski definition) is 3. The summed E-state index contributed by atoms with van der Waals surface area (Å²) in [6, 6.07) is 0.373. The Morgan fingerprint density at radius 1 is 1.17 bits per heavy atom. The molecular formula is C12H21ClN2O3. The smallest absolute Gasteiger partial charge is 0.304 e. The molecule has 104 valence electrons. The van der Waals surface area contributed by atoms with E-state index >= 15 is 0 Å². The minimum Gasteiger partial charge on any atom is -0.481 e. The Morgan fingerprint density at radius 2 is 1.78 bits per heavy atom. The fourth-order valence-corrected chi connectivity index (χ4v) is 2.28. The molecule has 1 saturated carbocycles. The maximum absolute atomic E-state index is 11.8. The Labute approximate surface area is 113 Å². The quantitative estimate of drug-likeness (QED) is 0.782. The maximum Gasteiger partial charge on any atom is 0.304 e. The van der Waals surface area contributed by atoms with Gasteiger partial charge >= 0.3 is 5.97 Å². The molecule has 5 nitrogen and oxygen atoms in total. The minimum atomic E-state index is -0.765. The third kappa shape index (κ3) is 4.46. The van der Waals surface area contributed by atoms with Crippen LogP contribution in [0, 0.1) is 5.92 Å². The Bertz CT molecular complexity index is 300. The van der Waals surface area contributed by atoms with E-state index in [1.54, 1.807) is 0 Å². The number of carbonyl (C=O) groups is 2. The standard InChI is InChI=1S/C12H20N2O3.ClH/c15-11(16)3-6-13-10-4-7-14(8-5-10)12(17)9-1-2-9;/h9-10,13H,1-8H2,(H,15,16);1H. The second kappa shape index (κ2) is 6.95. The molecule has 0 aromatic rings. The lowest BCUT2D eigenvalue weighted by Gasteiger charge is -2.32. The number of nitrogens with zero attached hydrogens (tertiary/aromatic N) is 1. The molecule has 2 aliphatic rings. The molecule has 1 amide bonds. The number of hydrogen-bond donors (Lipinski definition) is 2. The summed E-state index contributed by atoms with van der Waals surface area (Å²) in [5, 5.41) is 11.8. The number of amides is 1. The molecule has 2 N–H and O–H groups in total. The summed E-state index contributed by atoms with van der Waals surface area (Å²) in [5.74, 6) is -0.126. The molecule has 6 heteroatoms. The first kappa shape index (κ1) is 15.2. The highest BCUT2D eigenvalue weighted by atomic mass is 35.5. The number of likely N-dealkylation sites (tertiary alicyclic amines) is 1. The van der Waals surface area contributed by atoms with Crippen LogP contribution in [0.2, 0.25) is 0 Å². The monoisotopic (exact) mass is 276 g/mol. The lowest BCUT2D eigenvalue weighted by molar-refractivity contribution is -0.136. The lowest BCUT2D eigenvalue weighted by atomic mass is 10.0. The summed E-state index contributed by atoms with van der Waals surface area (Å²) < 4.78 is 0. The van der Waals surface area contributed by atoms with Crippen LogP contribution in [0.3, 0.4) is 0 Å². The van der Waals surface area contributed by atoms with Crippen molar-refractivity contribution in [2.75, 3.05) is 19.6 Å². The molecule has 18 heavy (non-hydrogen) atoms. The Balaban J connectivity index is 0.00000162. The van der Waals surface area contributed by atoms with Crippen LogP contribution < -0.4 is 5.32 Å². The average Bonchev–Trinajstić information content (AvgIpc) is 3.12. The summed E-state index contributed by atoms with van der Waals surface area (Å²) in [7, 11) is 0. The average molecular weight is 277 g/mol. The fraction of sp³-hybridized carbons (Fsp3) is 0.833. The van der Waals surface area contributed by atoms with Crippen molar-refractivity contribution >= 4 is 24.3 Å². The summed E-state index contributed by atoms with van der Waals surface area (Å²) >= 11 is 0. The van der Waals surface area contributed by atoms with E-state index in [9.17, 15) is 9.59 Å². The van der Waals surface area contributed by atoms with Crippen molar-refractivity contribution in [1.29, 1.82) is 0 Å². The highest BCUT2D eigenvalue weighted by Crippen LogP contribution is 2.31. The van der Waals surface area contributed by atoms with Gasteiger partial charge in [0.15, 0.2) is 0 Å². The number of carboxylic acid groups (broad SMARTS) is 1. The first-order valence-electron chi connectivity index (χ1n) is 6.41. The van der Waals surface area contributed by atoms with Crippen molar-refractivity contribution in [3.8, 4) is 0 Å². The molecule has 1 aliphatic heterocycles. The van der Waals surface area contributed by atoms with E-state index in [2.05, 4.69) is 5.32 Å². The van der Waals surface area contributed by atoms with Gasteiger partial charge in [0.05, 0.1) is 6.42 Å². The first-order valence-corrected chi connectivity index (χ1v) is 6.41. The molecule has 1 aliphatic carbocycles. The van der Waals surface area contributed by atoms with Gasteiger partial charge in [0, 0.05) is 31.6 Å². The summed E-state index contributed by atoms with van der Waals surface area (Å²) in [4.78, 5) is 24.1. The zero-order valence-electron chi connectivity index (χ0n) is 10.4. The van der Waals surface area contributed by atoms with Crippen molar-refractivity contribution in [2.24, 2.45) is 5.92 Å². The molecule has 1 saturated heterocycles. The topological polar surface area (TPSA) is 69.6 Å². The molecule has 0 aromatic carbocycles. The second-order valence-corrected chi connectivity index (χ2v) is 4.97. The van der Waals surface area contributed by atoms with E-state index < -0.39 is 5.97 Å². The van der Waals surface area contributed by atoms with Gasteiger partial charge in [0.2, 0.25) is 5.91 Å². The molecule has 2 fully saturated rings. The summed E-state index contributed by atoms with van der Waals surface area (Å²) in [6.07, 6.45) is 4.18. The number of aliphatic carboxylic acids is 1. The van der Waals surface area contributed by atoms with E-state index in [-0.39, 0.29) is 18.8 Å². The van der Waals surface area contributed by atoms with E-state index in [1.807, 2.05) is 4.90 Å². The van der Waals surface area contributed by atoms with Crippen molar-refractivity contribution in [2.45, 2.75) is 38.1 Å². The largest absolute Gasteiger partial charge is 0.481 e. The first-order chi connectivity index (χ1) is 8.16.